The topological polar surface area (TPSA) is 38.8 Å². The first-order chi connectivity index (χ1) is 12.1. The number of thioether (sulfide) groups is 1. The van der Waals surface area contributed by atoms with E-state index in [1.807, 2.05) is 54.3 Å². The summed E-state index contributed by atoms with van der Waals surface area (Å²) in [6.45, 7) is 3.15. The third-order valence-electron chi connectivity index (χ3n) is 3.71. The van der Waals surface area contributed by atoms with Gasteiger partial charge in [-0.1, -0.05) is 23.7 Å². The van der Waals surface area contributed by atoms with Crippen LogP contribution in [0.5, 0.6) is 11.5 Å². The summed E-state index contributed by atoms with van der Waals surface area (Å²) in [4.78, 5) is 15.3. The van der Waals surface area contributed by atoms with Crippen LogP contribution in [0, 0.1) is 0 Å². The van der Waals surface area contributed by atoms with Gasteiger partial charge in [0, 0.05) is 23.0 Å². The Morgan fingerprint density at radius 1 is 1.12 bits per heavy atom. The molecule has 0 aliphatic carbocycles. The van der Waals surface area contributed by atoms with Crippen molar-refractivity contribution < 1.29 is 14.3 Å². The summed E-state index contributed by atoms with van der Waals surface area (Å²) in [5.41, 5.74) is 1.00. The van der Waals surface area contributed by atoms with Crippen LogP contribution >= 0.6 is 23.4 Å². The number of methoxy groups -OCH3 is 2. The van der Waals surface area contributed by atoms with E-state index in [0.29, 0.717) is 35.4 Å². The highest BCUT2D eigenvalue weighted by Crippen LogP contribution is 2.28. The first-order valence-electron chi connectivity index (χ1n) is 7.94. The van der Waals surface area contributed by atoms with Crippen molar-refractivity contribution in [3.05, 3.63) is 53.1 Å². The van der Waals surface area contributed by atoms with E-state index in [-0.39, 0.29) is 5.91 Å². The molecule has 0 aliphatic heterocycles. The first kappa shape index (κ1) is 19.5. The summed E-state index contributed by atoms with van der Waals surface area (Å²) in [7, 11) is 3.21. The van der Waals surface area contributed by atoms with E-state index in [0.717, 1.165) is 10.5 Å². The lowest BCUT2D eigenvalue weighted by Gasteiger charge is -2.21. The van der Waals surface area contributed by atoms with Crippen LogP contribution in [-0.2, 0) is 11.3 Å². The molecule has 2 rings (SSSR count). The Hall–Kier alpha value is -1.85. The van der Waals surface area contributed by atoms with Crippen molar-refractivity contribution in [3.63, 3.8) is 0 Å². The minimum Gasteiger partial charge on any atom is -0.493 e. The third-order valence-corrected chi connectivity index (χ3v) is 4.93. The number of hydrogen-bond acceptors (Lipinski definition) is 4. The molecule has 0 unspecified atom stereocenters. The molecule has 2 aromatic rings. The quantitative estimate of drug-likeness (QED) is 0.633. The van der Waals surface area contributed by atoms with Gasteiger partial charge >= 0.3 is 0 Å². The number of halogens is 1. The molecule has 0 saturated heterocycles. The second kappa shape index (κ2) is 9.59. The fourth-order valence-electron chi connectivity index (χ4n) is 2.37. The molecule has 6 heteroatoms. The number of ether oxygens (including phenoxy) is 2. The molecule has 0 N–H and O–H groups in total. The van der Waals surface area contributed by atoms with Gasteiger partial charge in [-0.05, 0) is 42.8 Å². The van der Waals surface area contributed by atoms with E-state index >= 15 is 0 Å². The van der Waals surface area contributed by atoms with E-state index in [2.05, 4.69) is 0 Å². The molecular weight excluding hydrogens is 358 g/mol. The summed E-state index contributed by atoms with van der Waals surface area (Å²) in [6.07, 6.45) is 0. The molecule has 0 fully saturated rings. The molecule has 0 radical (unpaired) electrons. The van der Waals surface area contributed by atoms with Crippen molar-refractivity contribution in [1.82, 2.24) is 4.90 Å². The Bertz CT molecular complexity index is 724. The van der Waals surface area contributed by atoms with Gasteiger partial charge in [0.15, 0.2) is 11.5 Å². The Balaban J connectivity index is 2.00. The van der Waals surface area contributed by atoms with Gasteiger partial charge in [-0.25, -0.2) is 0 Å². The van der Waals surface area contributed by atoms with Crippen LogP contribution in [0.25, 0.3) is 0 Å². The minimum absolute atomic E-state index is 0.0854. The van der Waals surface area contributed by atoms with Crippen LogP contribution in [-0.4, -0.2) is 37.3 Å². The van der Waals surface area contributed by atoms with Gasteiger partial charge < -0.3 is 14.4 Å². The van der Waals surface area contributed by atoms with Crippen molar-refractivity contribution in [1.29, 1.82) is 0 Å². The first-order valence-corrected chi connectivity index (χ1v) is 9.30. The molecule has 0 atom stereocenters. The van der Waals surface area contributed by atoms with Crippen LogP contribution in [0.3, 0.4) is 0 Å². The molecule has 134 valence electrons. The summed E-state index contributed by atoms with van der Waals surface area (Å²) in [5.74, 6) is 1.80. The van der Waals surface area contributed by atoms with Gasteiger partial charge in [0.05, 0.1) is 20.0 Å². The van der Waals surface area contributed by atoms with Gasteiger partial charge in [-0.15, -0.1) is 11.8 Å². The predicted molar refractivity (Wildman–Crippen MR) is 103 cm³/mol. The molecule has 0 saturated carbocycles. The number of nitrogens with zero attached hydrogens (tertiary/aromatic N) is 1. The molecule has 2 aromatic carbocycles. The van der Waals surface area contributed by atoms with Crippen molar-refractivity contribution in [2.24, 2.45) is 0 Å². The Labute approximate surface area is 158 Å². The lowest BCUT2D eigenvalue weighted by molar-refractivity contribution is -0.128. The van der Waals surface area contributed by atoms with Crippen LogP contribution in [0.1, 0.15) is 12.5 Å². The standard InChI is InChI=1S/C19H22ClNO3S/c1-4-21(12-14-8-9-17(23-2)18(10-14)24-3)19(22)13-25-16-7-5-6-15(20)11-16/h5-11H,4,12-13H2,1-3H3. The molecule has 1 amide bonds. The Morgan fingerprint density at radius 2 is 1.88 bits per heavy atom. The molecule has 0 heterocycles. The van der Waals surface area contributed by atoms with Crippen molar-refractivity contribution in [3.8, 4) is 11.5 Å². The molecule has 0 aromatic heterocycles. The highest BCUT2D eigenvalue weighted by molar-refractivity contribution is 8.00. The van der Waals surface area contributed by atoms with Gasteiger partial charge in [-0.3, -0.25) is 4.79 Å². The summed E-state index contributed by atoms with van der Waals surface area (Å²) in [5, 5.41) is 0.676. The third kappa shape index (κ3) is 5.58. The average Bonchev–Trinajstić information content (AvgIpc) is 2.64. The summed E-state index contributed by atoms with van der Waals surface area (Å²) >= 11 is 7.47. The number of hydrogen-bond donors (Lipinski definition) is 0. The molecule has 4 nitrogen and oxygen atoms in total. The van der Waals surface area contributed by atoms with Crippen LogP contribution < -0.4 is 9.47 Å². The molecule has 25 heavy (non-hydrogen) atoms. The number of benzene rings is 2. The second-order valence-electron chi connectivity index (χ2n) is 5.34. The zero-order chi connectivity index (χ0) is 18.2. The maximum atomic E-state index is 12.5. The largest absolute Gasteiger partial charge is 0.493 e. The zero-order valence-corrected chi connectivity index (χ0v) is 16.2. The minimum atomic E-state index is 0.0854. The fourth-order valence-corrected chi connectivity index (χ4v) is 3.48. The zero-order valence-electron chi connectivity index (χ0n) is 14.6. The normalized spacial score (nSPS) is 10.4. The summed E-state index contributed by atoms with van der Waals surface area (Å²) < 4.78 is 10.6. The molecule has 0 spiro atoms. The Kier molecular flexibility index (Phi) is 7.47. The van der Waals surface area contributed by atoms with Gasteiger partial charge in [0.25, 0.3) is 0 Å². The van der Waals surface area contributed by atoms with Gasteiger partial charge in [0.1, 0.15) is 0 Å². The van der Waals surface area contributed by atoms with Crippen LogP contribution in [0.2, 0.25) is 5.02 Å². The fraction of sp³-hybridized carbons (Fsp3) is 0.316. The molecular formula is C19H22ClNO3S. The van der Waals surface area contributed by atoms with Crippen LogP contribution in [0.4, 0.5) is 0 Å². The van der Waals surface area contributed by atoms with E-state index < -0.39 is 0 Å². The van der Waals surface area contributed by atoms with E-state index in [9.17, 15) is 4.79 Å². The lowest BCUT2D eigenvalue weighted by atomic mass is 10.2. The Morgan fingerprint density at radius 3 is 2.52 bits per heavy atom. The monoisotopic (exact) mass is 379 g/mol. The lowest BCUT2D eigenvalue weighted by Crippen LogP contribution is -2.31. The highest BCUT2D eigenvalue weighted by Gasteiger charge is 2.14. The van der Waals surface area contributed by atoms with Crippen molar-refractivity contribution in [2.75, 3.05) is 26.5 Å². The highest BCUT2D eigenvalue weighted by atomic mass is 35.5. The predicted octanol–water partition coefficient (Wildman–Crippen LogP) is 4.50. The number of carbonyl (C=O) groups is 1. The number of carbonyl (C=O) groups excluding carboxylic acids is 1. The average molecular weight is 380 g/mol. The summed E-state index contributed by atoms with van der Waals surface area (Å²) in [6, 6.07) is 13.2. The second-order valence-corrected chi connectivity index (χ2v) is 6.83. The van der Waals surface area contributed by atoms with Crippen LogP contribution in [0.15, 0.2) is 47.4 Å². The number of amides is 1. The van der Waals surface area contributed by atoms with Gasteiger partial charge in [0.2, 0.25) is 5.91 Å². The van der Waals surface area contributed by atoms with Crippen molar-refractivity contribution in [2.45, 2.75) is 18.4 Å². The maximum absolute atomic E-state index is 12.5. The number of rotatable bonds is 8. The molecule has 0 aliphatic rings. The van der Waals surface area contributed by atoms with Gasteiger partial charge in [-0.2, -0.15) is 0 Å². The molecule has 0 bridgehead atoms. The van der Waals surface area contributed by atoms with E-state index in [1.54, 1.807) is 14.2 Å². The van der Waals surface area contributed by atoms with E-state index in [4.69, 9.17) is 21.1 Å². The van der Waals surface area contributed by atoms with Crippen molar-refractivity contribution >= 4 is 29.3 Å². The maximum Gasteiger partial charge on any atom is 0.233 e. The smallest absolute Gasteiger partial charge is 0.233 e. The van der Waals surface area contributed by atoms with E-state index in [1.165, 1.54) is 11.8 Å². The SMILES string of the molecule is CCN(Cc1ccc(OC)c(OC)c1)C(=O)CSc1cccc(Cl)c1.